The largest absolute Gasteiger partial charge is 0.468 e. The molecule has 160 valence electrons. The molecule has 1 aromatic heterocycles. The van der Waals surface area contributed by atoms with E-state index in [1.54, 1.807) is 12.3 Å². The first-order valence-corrected chi connectivity index (χ1v) is 10.3. The SMILES string of the molecule is O=C(NCC(c1ccco1)N1CCc2ccccc2C1)C(=O)Nc1ccc(F)c(Cl)c1. The molecule has 1 aliphatic heterocycles. The Hall–Kier alpha value is -3.16. The number of carbonyl (C=O) groups is 2. The van der Waals surface area contributed by atoms with Gasteiger partial charge in [-0.25, -0.2) is 4.39 Å². The third-order valence-corrected chi connectivity index (χ3v) is 5.60. The summed E-state index contributed by atoms with van der Waals surface area (Å²) in [5.74, 6) is -1.54. The van der Waals surface area contributed by atoms with Crippen LogP contribution in [-0.2, 0) is 22.6 Å². The molecular weight excluding hydrogens is 421 g/mol. The molecule has 6 nitrogen and oxygen atoms in total. The number of nitrogens with zero attached hydrogens (tertiary/aromatic N) is 1. The number of benzene rings is 2. The Labute approximate surface area is 184 Å². The molecule has 2 heterocycles. The molecule has 31 heavy (non-hydrogen) atoms. The highest BCUT2D eigenvalue weighted by atomic mass is 35.5. The van der Waals surface area contributed by atoms with Gasteiger partial charge in [-0.15, -0.1) is 0 Å². The quantitative estimate of drug-likeness (QED) is 0.588. The highest BCUT2D eigenvalue weighted by molar-refractivity contribution is 6.39. The first kappa shape index (κ1) is 21.1. The Kier molecular flexibility index (Phi) is 6.34. The maximum Gasteiger partial charge on any atom is 0.313 e. The van der Waals surface area contributed by atoms with Crippen molar-refractivity contribution in [3.05, 3.63) is 88.6 Å². The topological polar surface area (TPSA) is 74.6 Å². The zero-order valence-electron chi connectivity index (χ0n) is 16.6. The maximum atomic E-state index is 13.3. The van der Waals surface area contributed by atoms with Crippen molar-refractivity contribution in [1.82, 2.24) is 10.2 Å². The highest BCUT2D eigenvalue weighted by Gasteiger charge is 2.28. The summed E-state index contributed by atoms with van der Waals surface area (Å²) < 4.78 is 18.9. The van der Waals surface area contributed by atoms with Crippen LogP contribution in [0.3, 0.4) is 0 Å². The van der Waals surface area contributed by atoms with E-state index in [0.29, 0.717) is 5.76 Å². The van der Waals surface area contributed by atoms with Crippen molar-refractivity contribution < 1.29 is 18.4 Å². The number of halogens is 2. The Morgan fingerprint density at radius 1 is 1.10 bits per heavy atom. The number of furan rings is 1. The highest BCUT2D eigenvalue weighted by Crippen LogP contribution is 2.28. The molecule has 0 radical (unpaired) electrons. The summed E-state index contributed by atoms with van der Waals surface area (Å²) in [6.07, 6.45) is 2.49. The van der Waals surface area contributed by atoms with E-state index >= 15 is 0 Å². The number of fused-ring (bicyclic) bond motifs is 1. The lowest BCUT2D eigenvalue weighted by Gasteiger charge is -2.34. The number of hydrogen-bond donors (Lipinski definition) is 2. The molecule has 2 aromatic carbocycles. The average molecular weight is 442 g/mol. The Balaban J connectivity index is 1.41. The number of amides is 2. The van der Waals surface area contributed by atoms with Crippen molar-refractivity contribution in [2.45, 2.75) is 19.0 Å². The Bertz CT molecular complexity index is 1090. The summed E-state index contributed by atoms with van der Waals surface area (Å²) in [5.41, 5.74) is 2.79. The lowest BCUT2D eigenvalue weighted by atomic mass is 9.98. The number of rotatable bonds is 5. The molecule has 0 saturated carbocycles. The van der Waals surface area contributed by atoms with E-state index in [1.165, 1.54) is 23.3 Å². The summed E-state index contributed by atoms with van der Waals surface area (Å²) in [4.78, 5) is 26.8. The maximum absolute atomic E-state index is 13.3. The van der Waals surface area contributed by atoms with Gasteiger partial charge in [-0.3, -0.25) is 14.5 Å². The molecule has 0 bridgehead atoms. The van der Waals surface area contributed by atoms with E-state index in [9.17, 15) is 14.0 Å². The normalized spacial score (nSPS) is 14.5. The fraction of sp³-hybridized carbons (Fsp3) is 0.217. The fourth-order valence-electron chi connectivity index (χ4n) is 3.71. The van der Waals surface area contributed by atoms with Crippen LogP contribution in [0.5, 0.6) is 0 Å². The van der Waals surface area contributed by atoms with E-state index in [2.05, 4.69) is 27.7 Å². The van der Waals surface area contributed by atoms with E-state index in [1.807, 2.05) is 18.2 Å². The van der Waals surface area contributed by atoms with Crippen LogP contribution in [0.4, 0.5) is 10.1 Å². The van der Waals surface area contributed by atoms with Crippen LogP contribution >= 0.6 is 11.6 Å². The van der Waals surface area contributed by atoms with Crippen LogP contribution in [0, 0.1) is 5.82 Å². The number of hydrogen-bond acceptors (Lipinski definition) is 4. The summed E-state index contributed by atoms with van der Waals surface area (Å²) in [6, 6.07) is 15.4. The van der Waals surface area contributed by atoms with Gasteiger partial charge in [0, 0.05) is 25.3 Å². The molecular formula is C23H21ClFN3O3. The average Bonchev–Trinajstić information content (AvgIpc) is 3.31. The molecule has 0 saturated heterocycles. The van der Waals surface area contributed by atoms with E-state index < -0.39 is 17.6 Å². The molecule has 8 heteroatoms. The number of carbonyl (C=O) groups excluding carboxylic acids is 2. The zero-order valence-corrected chi connectivity index (χ0v) is 17.4. The summed E-state index contributed by atoms with van der Waals surface area (Å²) in [7, 11) is 0. The van der Waals surface area contributed by atoms with Crippen molar-refractivity contribution in [1.29, 1.82) is 0 Å². The summed E-state index contributed by atoms with van der Waals surface area (Å²) >= 11 is 5.72. The van der Waals surface area contributed by atoms with Crippen molar-refractivity contribution in [3.63, 3.8) is 0 Å². The molecule has 0 aliphatic carbocycles. The van der Waals surface area contributed by atoms with Crippen LogP contribution in [0.25, 0.3) is 0 Å². The summed E-state index contributed by atoms with van der Waals surface area (Å²) in [5, 5.41) is 4.96. The van der Waals surface area contributed by atoms with Crippen LogP contribution in [0.15, 0.2) is 65.3 Å². The van der Waals surface area contributed by atoms with Gasteiger partial charge in [0.15, 0.2) is 0 Å². The Morgan fingerprint density at radius 3 is 2.65 bits per heavy atom. The fourth-order valence-corrected chi connectivity index (χ4v) is 3.89. The van der Waals surface area contributed by atoms with Gasteiger partial charge in [-0.2, -0.15) is 0 Å². The van der Waals surface area contributed by atoms with E-state index in [4.69, 9.17) is 16.0 Å². The standard InChI is InChI=1S/C23H21ClFN3O3/c24-18-12-17(7-8-19(18)25)27-23(30)22(29)26-13-20(21-6-3-11-31-21)28-10-9-15-4-1-2-5-16(15)14-28/h1-8,11-12,20H,9-10,13-14H2,(H,26,29)(H,27,30). The minimum absolute atomic E-state index is 0.138. The van der Waals surface area contributed by atoms with Crippen molar-refractivity contribution >= 4 is 29.1 Å². The molecule has 0 fully saturated rings. The molecule has 0 spiro atoms. The van der Waals surface area contributed by atoms with Crippen LogP contribution < -0.4 is 10.6 Å². The molecule has 4 rings (SSSR count). The van der Waals surface area contributed by atoms with Crippen molar-refractivity contribution in [2.24, 2.45) is 0 Å². The predicted octanol–water partition coefficient (Wildman–Crippen LogP) is 3.93. The van der Waals surface area contributed by atoms with Crippen molar-refractivity contribution in [2.75, 3.05) is 18.4 Å². The summed E-state index contributed by atoms with van der Waals surface area (Å²) in [6.45, 7) is 1.72. The Morgan fingerprint density at radius 2 is 1.90 bits per heavy atom. The second-order valence-electron chi connectivity index (χ2n) is 7.31. The zero-order chi connectivity index (χ0) is 21.8. The third kappa shape index (κ3) is 4.95. The molecule has 1 unspecified atom stereocenters. The van der Waals surface area contributed by atoms with E-state index in [-0.39, 0.29) is 23.3 Å². The van der Waals surface area contributed by atoms with E-state index in [0.717, 1.165) is 25.6 Å². The predicted molar refractivity (Wildman–Crippen MR) is 115 cm³/mol. The van der Waals surface area contributed by atoms with Gasteiger partial charge in [0.25, 0.3) is 0 Å². The number of nitrogens with one attached hydrogen (secondary N) is 2. The van der Waals surface area contributed by atoms with Crippen LogP contribution in [0.2, 0.25) is 5.02 Å². The lowest BCUT2D eigenvalue weighted by molar-refractivity contribution is -0.136. The minimum atomic E-state index is -0.857. The smallest absolute Gasteiger partial charge is 0.313 e. The van der Waals surface area contributed by atoms with Gasteiger partial charge in [0.05, 0.1) is 17.3 Å². The van der Waals surface area contributed by atoms with Gasteiger partial charge in [0.1, 0.15) is 11.6 Å². The van der Waals surface area contributed by atoms with Gasteiger partial charge in [0.2, 0.25) is 0 Å². The van der Waals surface area contributed by atoms with Gasteiger partial charge in [-0.1, -0.05) is 35.9 Å². The first-order valence-electron chi connectivity index (χ1n) is 9.90. The van der Waals surface area contributed by atoms with Gasteiger partial charge < -0.3 is 15.1 Å². The monoisotopic (exact) mass is 441 g/mol. The second-order valence-corrected chi connectivity index (χ2v) is 7.72. The van der Waals surface area contributed by atoms with Crippen LogP contribution in [0.1, 0.15) is 22.9 Å². The molecule has 2 N–H and O–H groups in total. The molecule has 2 amide bonds. The van der Waals surface area contributed by atoms with Crippen molar-refractivity contribution in [3.8, 4) is 0 Å². The van der Waals surface area contributed by atoms with Gasteiger partial charge in [-0.05, 0) is 47.9 Å². The molecule has 1 aliphatic rings. The molecule has 1 atom stereocenters. The second kappa shape index (κ2) is 9.32. The van der Waals surface area contributed by atoms with Gasteiger partial charge >= 0.3 is 11.8 Å². The molecule has 3 aromatic rings. The number of anilines is 1. The lowest BCUT2D eigenvalue weighted by Crippen LogP contribution is -2.43. The van der Waals surface area contributed by atoms with Crippen LogP contribution in [-0.4, -0.2) is 29.8 Å². The minimum Gasteiger partial charge on any atom is -0.468 e. The first-order chi connectivity index (χ1) is 15.0. The third-order valence-electron chi connectivity index (χ3n) is 5.31.